The van der Waals surface area contributed by atoms with Gasteiger partial charge in [-0.1, -0.05) is 13.3 Å². The molecule has 3 N–H and O–H groups in total. The third-order valence-corrected chi connectivity index (χ3v) is 3.72. The molecule has 1 amide bonds. The van der Waals surface area contributed by atoms with Gasteiger partial charge in [-0.15, -0.1) is 0 Å². The molecule has 0 bridgehead atoms. The monoisotopic (exact) mass is 278 g/mol. The Bertz CT molecular complexity index is 540. The summed E-state index contributed by atoms with van der Waals surface area (Å²) in [5.74, 6) is -0.394. The van der Waals surface area contributed by atoms with Crippen molar-refractivity contribution < 1.29 is 9.72 Å². The van der Waals surface area contributed by atoms with E-state index in [1.54, 1.807) is 0 Å². The Hall–Kier alpha value is -2.18. The third kappa shape index (κ3) is 3.04. The SMILES string of the molecule is CCCC1(CNC(=O)c2cc([N+](=O)[O-])cnc2N)CC1. The van der Waals surface area contributed by atoms with E-state index in [1.165, 1.54) is 0 Å². The van der Waals surface area contributed by atoms with E-state index in [0.717, 1.165) is 37.9 Å². The summed E-state index contributed by atoms with van der Waals surface area (Å²) in [5.41, 5.74) is 5.65. The van der Waals surface area contributed by atoms with Crippen molar-refractivity contribution >= 4 is 17.4 Å². The highest BCUT2D eigenvalue weighted by molar-refractivity contribution is 5.98. The van der Waals surface area contributed by atoms with Gasteiger partial charge >= 0.3 is 0 Å². The number of pyridine rings is 1. The second kappa shape index (κ2) is 5.44. The lowest BCUT2D eigenvalue weighted by atomic mass is 10.0. The van der Waals surface area contributed by atoms with E-state index >= 15 is 0 Å². The molecule has 1 aliphatic rings. The van der Waals surface area contributed by atoms with Crippen LogP contribution in [0.25, 0.3) is 0 Å². The van der Waals surface area contributed by atoms with Gasteiger partial charge in [-0.05, 0) is 24.7 Å². The molecule has 7 nitrogen and oxygen atoms in total. The molecule has 1 aromatic rings. The fourth-order valence-electron chi connectivity index (χ4n) is 2.33. The topological polar surface area (TPSA) is 111 Å². The molecule has 1 heterocycles. The molecule has 1 aromatic heterocycles. The first-order chi connectivity index (χ1) is 9.47. The largest absolute Gasteiger partial charge is 0.383 e. The Kier molecular flexibility index (Phi) is 3.87. The molecule has 0 radical (unpaired) electrons. The van der Waals surface area contributed by atoms with Crippen molar-refractivity contribution in [2.75, 3.05) is 12.3 Å². The molecule has 0 saturated heterocycles. The molecular weight excluding hydrogens is 260 g/mol. The van der Waals surface area contributed by atoms with E-state index in [0.29, 0.717) is 6.54 Å². The van der Waals surface area contributed by atoms with Crippen LogP contribution in [0, 0.1) is 15.5 Å². The molecule has 0 atom stereocenters. The Morgan fingerprint density at radius 2 is 2.30 bits per heavy atom. The maximum atomic E-state index is 12.1. The van der Waals surface area contributed by atoms with E-state index in [4.69, 9.17) is 5.73 Å². The zero-order chi connectivity index (χ0) is 14.8. The lowest BCUT2D eigenvalue weighted by molar-refractivity contribution is -0.385. The van der Waals surface area contributed by atoms with Gasteiger partial charge in [-0.25, -0.2) is 4.98 Å². The summed E-state index contributed by atoms with van der Waals surface area (Å²) < 4.78 is 0. The zero-order valence-corrected chi connectivity index (χ0v) is 11.4. The van der Waals surface area contributed by atoms with E-state index in [1.807, 2.05) is 0 Å². The van der Waals surface area contributed by atoms with Crippen molar-refractivity contribution in [3.05, 3.63) is 27.9 Å². The van der Waals surface area contributed by atoms with Crippen LogP contribution < -0.4 is 11.1 Å². The first-order valence-corrected chi connectivity index (χ1v) is 6.65. The number of nitrogens with zero attached hydrogens (tertiary/aromatic N) is 2. The molecule has 20 heavy (non-hydrogen) atoms. The fourth-order valence-corrected chi connectivity index (χ4v) is 2.33. The number of hydrogen-bond donors (Lipinski definition) is 2. The Balaban J connectivity index is 2.05. The zero-order valence-electron chi connectivity index (χ0n) is 11.4. The molecule has 0 aliphatic heterocycles. The molecule has 7 heteroatoms. The minimum Gasteiger partial charge on any atom is -0.383 e. The van der Waals surface area contributed by atoms with Crippen molar-refractivity contribution in [1.82, 2.24) is 10.3 Å². The smallest absolute Gasteiger partial charge is 0.288 e. The Labute approximate surface area is 116 Å². The molecular formula is C13H18N4O3. The molecule has 108 valence electrons. The molecule has 1 fully saturated rings. The highest BCUT2D eigenvalue weighted by Gasteiger charge is 2.41. The summed E-state index contributed by atoms with van der Waals surface area (Å²) in [6, 6.07) is 1.16. The number of amides is 1. The van der Waals surface area contributed by atoms with Crippen LogP contribution in [0.5, 0.6) is 0 Å². The summed E-state index contributed by atoms with van der Waals surface area (Å²) in [5, 5.41) is 13.5. The minimum absolute atomic E-state index is 0.00781. The lowest BCUT2D eigenvalue weighted by Gasteiger charge is -2.15. The molecule has 0 aromatic carbocycles. The number of anilines is 1. The summed E-state index contributed by atoms with van der Waals surface area (Å²) in [6.45, 7) is 2.70. The van der Waals surface area contributed by atoms with E-state index in [9.17, 15) is 14.9 Å². The number of carbonyl (C=O) groups excluding carboxylic acids is 1. The van der Waals surface area contributed by atoms with Gasteiger partial charge in [-0.3, -0.25) is 14.9 Å². The summed E-state index contributed by atoms with van der Waals surface area (Å²) >= 11 is 0. The summed E-state index contributed by atoms with van der Waals surface area (Å²) in [4.78, 5) is 25.9. The Morgan fingerprint density at radius 1 is 1.60 bits per heavy atom. The minimum atomic E-state index is -0.595. The van der Waals surface area contributed by atoms with Crippen molar-refractivity contribution in [3.63, 3.8) is 0 Å². The molecule has 2 rings (SSSR count). The highest BCUT2D eigenvalue weighted by Crippen LogP contribution is 2.48. The van der Waals surface area contributed by atoms with Crippen LogP contribution in [0.2, 0.25) is 0 Å². The van der Waals surface area contributed by atoms with Gasteiger partial charge < -0.3 is 11.1 Å². The van der Waals surface area contributed by atoms with Crippen LogP contribution in [0.1, 0.15) is 43.0 Å². The van der Waals surface area contributed by atoms with Crippen LogP contribution in [0.3, 0.4) is 0 Å². The number of nitrogens with two attached hydrogens (primary N) is 1. The van der Waals surface area contributed by atoms with E-state index in [-0.39, 0.29) is 22.5 Å². The number of nitro groups is 1. The van der Waals surface area contributed by atoms with Crippen molar-refractivity contribution in [2.45, 2.75) is 32.6 Å². The van der Waals surface area contributed by atoms with Gasteiger partial charge in [0.25, 0.3) is 11.6 Å². The first kappa shape index (κ1) is 14.2. The highest BCUT2D eigenvalue weighted by atomic mass is 16.6. The first-order valence-electron chi connectivity index (χ1n) is 6.65. The maximum Gasteiger partial charge on any atom is 0.288 e. The van der Waals surface area contributed by atoms with Crippen molar-refractivity contribution in [1.29, 1.82) is 0 Å². The van der Waals surface area contributed by atoms with Crippen LogP contribution in [0.15, 0.2) is 12.3 Å². The predicted molar refractivity (Wildman–Crippen MR) is 74.2 cm³/mol. The predicted octanol–water partition coefficient (Wildman–Crippen LogP) is 1.88. The number of nitrogen functional groups attached to an aromatic ring is 1. The average molecular weight is 278 g/mol. The van der Waals surface area contributed by atoms with Crippen LogP contribution in [-0.4, -0.2) is 22.4 Å². The van der Waals surface area contributed by atoms with Crippen LogP contribution >= 0.6 is 0 Å². The van der Waals surface area contributed by atoms with Gasteiger partial charge in [0.1, 0.15) is 12.0 Å². The average Bonchev–Trinajstić information content (AvgIpc) is 3.17. The molecule has 0 unspecified atom stereocenters. The number of rotatable bonds is 6. The van der Waals surface area contributed by atoms with Gasteiger partial charge in [0.15, 0.2) is 0 Å². The second-order valence-electron chi connectivity index (χ2n) is 5.32. The normalized spacial score (nSPS) is 15.7. The molecule has 1 aliphatic carbocycles. The van der Waals surface area contributed by atoms with Crippen molar-refractivity contribution in [2.24, 2.45) is 5.41 Å². The van der Waals surface area contributed by atoms with E-state index < -0.39 is 10.8 Å². The number of hydrogen-bond acceptors (Lipinski definition) is 5. The molecule has 0 spiro atoms. The number of nitrogens with one attached hydrogen (secondary N) is 1. The van der Waals surface area contributed by atoms with Crippen molar-refractivity contribution in [3.8, 4) is 0 Å². The quantitative estimate of drug-likeness (QED) is 0.609. The standard InChI is InChI=1S/C13H18N4O3/c1-2-3-13(4-5-13)8-16-12(18)10-6-9(17(19)20)7-15-11(10)14/h6-7H,2-5,8H2,1H3,(H2,14,15)(H,16,18). The van der Waals surface area contributed by atoms with Gasteiger partial charge in [-0.2, -0.15) is 0 Å². The van der Waals surface area contributed by atoms with Crippen LogP contribution in [-0.2, 0) is 0 Å². The number of aromatic nitrogens is 1. The fraction of sp³-hybridized carbons (Fsp3) is 0.538. The maximum absolute atomic E-state index is 12.1. The van der Waals surface area contributed by atoms with Gasteiger partial charge in [0, 0.05) is 12.6 Å². The van der Waals surface area contributed by atoms with Gasteiger partial charge in [0.05, 0.1) is 10.5 Å². The third-order valence-electron chi connectivity index (χ3n) is 3.72. The molecule has 1 saturated carbocycles. The Morgan fingerprint density at radius 3 is 2.85 bits per heavy atom. The summed E-state index contributed by atoms with van der Waals surface area (Å²) in [6.07, 6.45) is 5.44. The second-order valence-corrected chi connectivity index (χ2v) is 5.32. The lowest BCUT2D eigenvalue weighted by Crippen LogP contribution is -2.31. The number of carbonyl (C=O) groups is 1. The van der Waals surface area contributed by atoms with Gasteiger partial charge in [0.2, 0.25) is 0 Å². The summed E-state index contributed by atoms with van der Waals surface area (Å²) in [7, 11) is 0. The van der Waals surface area contributed by atoms with E-state index in [2.05, 4.69) is 17.2 Å². The van der Waals surface area contributed by atoms with Crippen LogP contribution in [0.4, 0.5) is 11.5 Å².